The van der Waals surface area contributed by atoms with Crippen molar-refractivity contribution in [2.75, 3.05) is 9.80 Å². The molecule has 336 valence electrons. The van der Waals surface area contributed by atoms with E-state index in [1.807, 2.05) is 0 Å². The molecule has 3 aliphatic rings. The van der Waals surface area contributed by atoms with Crippen LogP contribution in [-0.4, -0.2) is 7.28 Å². The summed E-state index contributed by atoms with van der Waals surface area (Å²) in [4.78, 5) is 5.37. The van der Waals surface area contributed by atoms with E-state index in [1.54, 1.807) is 0 Å². The van der Waals surface area contributed by atoms with Crippen LogP contribution in [0.15, 0.2) is 109 Å². The highest BCUT2D eigenvalue weighted by Crippen LogP contribution is 2.56. The molecule has 9 rings (SSSR count). The lowest BCUT2D eigenvalue weighted by atomic mass is 9.53. The van der Waals surface area contributed by atoms with Gasteiger partial charge >= 0.3 is 0 Å². The van der Waals surface area contributed by atoms with Crippen LogP contribution in [0, 0.1) is 6.92 Å². The van der Waals surface area contributed by atoms with E-state index in [0.29, 0.717) is 0 Å². The molecule has 0 fully saturated rings. The van der Waals surface area contributed by atoms with E-state index in [9.17, 15) is 0 Å². The van der Waals surface area contributed by atoms with Crippen LogP contribution in [0.1, 0.15) is 180 Å². The molecular weight excluding hydrogens is 784 g/mol. The molecular formula is C62H75BN2. The van der Waals surface area contributed by atoms with Crippen LogP contribution in [0.4, 0.5) is 34.1 Å². The van der Waals surface area contributed by atoms with Gasteiger partial charge < -0.3 is 9.80 Å². The number of nitrogens with zero attached hydrogens (tertiary/aromatic N) is 2. The summed E-state index contributed by atoms with van der Waals surface area (Å²) in [6.45, 7) is 40.3. The van der Waals surface area contributed by atoms with Crippen molar-refractivity contribution in [1.82, 2.24) is 0 Å². The van der Waals surface area contributed by atoms with Crippen molar-refractivity contribution in [3.63, 3.8) is 0 Å². The van der Waals surface area contributed by atoms with Crippen molar-refractivity contribution in [2.24, 2.45) is 0 Å². The molecule has 0 amide bonds. The van der Waals surface area contributed by atoms with Crippen molar-refractivity contribution >= 4 is 46.9 Å². The fourth-order valence-electron chi connectivity index (χ4n) is 11.1. The molecule has 0 saturated heterocycles. The zero-order valence-corrected chi connectivity index (χ0v) is 43.0. The van der Waals surface area contributed by atoms with Gasteiger partial charge in [-0.2, -0.15) is 0 Å². The van der Waals surface area contributed by atoms with E-state index in [0.717, 1.165) is 7.28 Å². The molecule has 1 aliphatic carbocycles. The molecule has 0 aromatic heterocycles. The van der Waals surface area contributed by atoms with Gasteiger partial charge in [-0.3, -0.25) is 0 Å². The lowest BCUT2D eigenvalue weighted by Gasteiger charge is -2.44. The summed E-state index contributed by atoms with van der Waals surface area (Å²) >= 11 is 0. The van der Waals surface area contributed by atoms with E-state index >= 15 is 0 Å². The number of fused-ring (bicyclic) bond motifs is 6. The Morgan fingerprint density at radius 2 is 0.969 bits per heavy atom. The van der Waals surface area contributed by atoms with Gasteiger partial charge in [0.15, 0.2) is 7.28 Å². The predicted octanol–water partition coefficient (Wildman–Crippen LogP) is 16.6. The lowest BCUT2D eigenvalue weighted by Crippen LogP contribution is -2.34. The summed E-state index contributed by atoms with van der Waals surface area (Å²) in [5, 5.41) is 0. The fourth-order valence-corrected chi connectivity index (χ4v) is 11.1. The molecule has 0 spiro atoms. The third kappa shape index (κ3) is 7.87. The number of anilines is 6. The molecule has 65 heavy (non-hydrogen) atoms. The normalized spacial score (nSPS) is 17.6. The highest BCUT2D eigenvalue weighted by atomic mass is 15.2. The first-order chi connectivity index (χ1) is 30.1. The number of hydrogen-bond donors (Lipinski definition) is 0. The monoisotopic (exact) mass is 859 g/mol. The Morgan fingerprint density at radius 3 is 1.57 bits per heavy atom. The molecule has 2 aliphatic heterocycles. The van der Waals surface area contributed by atoms with Gasteiger partial charge in [-0.1, -0.05) is 171 Å². The molecule has 2 nitrogen and oxygen atoms in total. The molecule has 0 saturated carbocycles. The molecule has 1 atom stereocenters. The number of aryl methyl sites for hydroxylation is 1. The maximum atomic E-state index is 2.72. The Labute approximate surface area is 394 Å². The van der Waals surface area contributed by atoms with Gasteiger partial charge in [-0.05, 0) is 168 Å². The van der Waals surface area contributed by atoms with Gasteiger partial charge in [0.25, 0.3) is 0 Å². The van der Waals surface area contributed by atoms with Crippen LogP contribution >= 0.6 is 0 Å². The molecule has 1 unspecified atom stereocenters. The van der Waals surface area contributed by atoms with E-state index < -0.39 is 0 Å². The number of hydrogen-bond acceptors (Lipinski definition) is 2. The van der Waals surface area contributed by atoms with Crippen LogP contribution in [0.2, 0.25) is 0 Å². The minimum absolute atomic E-state index is 0.00261. The summed E-state index contributed by atoms with van der Waals surface area (Å²) in [6.07, 6.45) is 2.35. The van der Waals surface area contributed by atoms with Crippen LogP contribution in [0.3, 0.4) is 0 Å². The number of benzene rings is 6. The third-order valence-corrected chi connectivity index (χ3v) is 15.5. The van der Waals surface area contributed by atoms with Crippen LogP contribution < -0.4 is 15.3 Å². The largest absolute Gasteiger partial charge is 0.311 e. The molecule has 0 N–H and O–H groups in total. The Kier molecular flexibility index (Phi) is 10.4. The van der Waals surface area contributed by atoms with Gasteiger partial charge in [-0.15, -0.1) is 0 Å². The molecule has 2 bridgehead atoms. The maximum Gasteiger partial charge on any atom is 0.176 e. The first-order valence-corrected chi connectivity index (χ1v) is 24.6. The Balaban J connectivity index is 1.44. The summed E-state index contributed by atoms with van der Waals surface area (Å²) in [5.41, 5.74) is 24.2. The van der Waals surface area contributed by atoms with Crippen molar-refractivity contribution in [3.05, 3.63) is 159 Å². The van der Waals surface area contributed by atoms with Gasteiger partial charge in [0, 0.05) is 34.0 Å². The third-order valence-electron chi connectivity index (χ3n) is 15.5. The molecule has 2 heterocycles. The second-order valence-electron chi connectivity index (χ2n) is 25.6. The SMILES string of the molecule is Cc1cc2c3c(c1)N(c1ccc(C(C)(C)C)cc1-c1ccc(C(C)(C)C)cc1)c1cc4c(cc1C(B3)c1ccc(C(C)(C)C)cc1N2c1cccc(C(C)(C)C)c1)C(C)(C)CCC4(C)C. The summed E-state index contributed by atoms with van der Waals surface area (Å²) < 4.78 is 0. The van der Waals surface area contributed by atoms with Crippen LogP contribution in [0.25, 0.3) is 11.1 Å². The predicted molar refractivity (Wildman–Crippen MR) is 285 cm³/mol. The smallest absolute Gasteiger partial charge is 0.176 e. The topological polar surface area (TPSA) is 6.48 Å². The lowest BCUT2D eigenvalue weighted by molar-refractivity contribution is 0.331. The van der Waals surface area contributed by atoms with E-state index in [-0.39, 0.29) is 38.3 Å². The van der Waals surface area contributed by atoms with Gasteiger partial charge in [0.2, 0.25) is 0 Å². The van der Waals surface area contributed by atoms with E-state index in [1.165, 1.54) is 114 Å². The van der Waals surface area contributed by atoms with E-state index in [2.05, 4.69) is 237 Å². The average Bonchev–Trinajstić information content (AvgIpc) is 3.44. The van der Waals surface area contributed by atoms with Crippen molar-refractivity contribution in [3.8, 4) is 11.1 Å². The first kappa shape index (κ1) is 45.2. The summed E-state index contributed by atoms with van der Waals surface area (Å²) in [6, 6.07) is 44.1. The Hall–Kier alpha value is -5.02. The van der Waals surface area contributed by atoms with Crippen molar-refractivity contribution in [1.29, 1.82) is 0 Å². The first-order valence-electron chi connectivity index (χ1n) is 24.6. The van der Waals surface area contributed by atoms with Crippen LogP contribution in [-0.2, 0) is 32.5 Å². The fraction of sp³-hybridized carbons (Fsp3) is 0.419. The highest BCUT2D eigenvalue weighted by Gasteiger charge is 2.43. The summed E-state index contributed by atoms with van der Waals surface area (Å²) in [7, 11) is 0.907. The molecule has 3 heteroatoms. The quantitative estimate of drug-likeness (QED) is 0.164. The molecule has 0 radical (unpaired) electrons. The molecule has 6 aromatic rings. The Bertz CT molecular complexity index is 2840. The maximum absolute atomic E-state index is 2.72. The minimum Gasteiger partial charge on any atom is -0.311 e. The van der Waals surface area contributed by atoms with Gasteiger partial charge in [0.1, 0.15) is 0 Å². The highest BCUT2D eigenvalue weighted by molar-refractivity contribution is 6.61. The zero-order valence-electron chi connectivity index (χ0n) is 43.0. The Morgan fingerprint density at radius 1 is 0.462 bits per heavy atom. The average molecular weight is 859 g/mol. The second-order valence-corrected chi connectivity index (χ2v) is 25.6. The van der Waals surface area contributed by atoms with E-state index in [4.69, 9.17) is 0 Å². The summed E-state index contributed by atoms with van der Waals surface area (Å²) in [5.74, 6) is 0.129. The number of rotatable bonds is 3. The zero-order chi connectivity index (χ0) is 47.0. The minimum atomic E-state index is -0.0185. The molecule has 6 aromatic carbocycles. The van der Waals surface area contributed by atoms with Crippen LogP contribution in [0.5, 0.6) is 0 Å². The van der Waals surface area contributed by atoms with Crippen molar-refractivity contribution < 1.29 is 0 Å². The van der Waals surface area contributed by atoms with Crippen molar-refractivity contribution in [2.45, 2.75) is 169 Å². The van der Waals surface area contributed by atoms with Gasteiger partial charge in [0.05, 0.1) is 5.69 Å². The standard InChI is InChI=1S/C62H75BN2/c1-38-31-53-56-54(32-38)65(50-28-26-42(59(8,9)10)34-46(50)39-21-23-40(24-22-39)57(2,3)4)52-37-49-48(61(14,15)29-30-62(49,16)17)36-47(52)55(63-56)45-27-25-43(60(11,12)13)35-51(45)64(53)44-20-18-19-41(33-44)58(5,6)7/h18-28,31-37,55,63H,29-30H2,1-17H3. The van der Waals surface area contributed by atoms with Gasteiger partial charge in [-0.25, -0.2) is 0 Å². The second kappa shape index (κ2) is 15.0.